The Hall–Kier alpha value is -3.35. The molecule has 1 aliphatic carbocycles. The van der Waals surface area contributed by atoms with E-state index in [4.69, 9.17) is 4.98 Å². The lowest BCUT2D eigenvalue weighted by molar-refractivity contribution is 0.0712. The first-order valence-corrected chi connectivity index (χ1v) is 10.9. The molecule has 3 aromatic heterocycles. The number of anilines is 1. The highest BCUT2D eigenvalue weighted by atomic mass is 16.2. The maximum Gasteiger partial charge on any atom is 0.255 e. The molecule has 2 fully saturated rings. The zero-order chi connectivity index (χ0) is 21.2. The van der Waals surface area contributed by atoms with Crippen molar-refractivity contribution in [2.75, 3.05) is 18.4 Å². The van der Waals surface area contributed by atoms with E-state index in [1.807, 2.05) is 42.3 Å². The number of carbonyl (C=O) groups excluding carboxylic acids is 1. The first kappa shape index (κ1) is 19.6. The van der Waals surface area contributed by atoms with Crippen LogP contribution in [0.4, 0.5) is 5.95 Å². The van der Waals surface area contributed by atoms with Crippen molar-refractivity contribution in [3.63, 3.8) is 0 Å². The van der Waals surface area contributed by atoms with E-state index in [9.17, 15) is 4.79 Å². The highest BCUT2D eigenvalue weighted by molar-refractivity contribution is 5.94. The van der Waals surface area contributed by atoms with E-state index in [1.54, 1.807) is 18.6 Å². The molecule has 7 heteroatoms. The number of nitrogens with zero attached hydrogens (tertiary/aromatic N) is 5. The Morgan fingerprint density at radius 3 is 2.45 bits per heavy atom. The molecule has 31 heavy (non-hydrogen) atoms. The quantitative estimate of drug-likeness (QED) is 0.683. The molecule has 0 radical (unpaired) electrons. The minimum Gasteiger partial charge on any atom is -0.351 e. The fourth-order valence-electron chi connectivity index (χ4n) is 4.07. The van der Waals surface area contributed by atoms with Gasteiger partial charge in [0.1, 0.15) is 0 Å². The molecule has 3 aromatic rings. The SMILES string of the molecule is Cc1ccc(C(=O)N2CCC(c3nc(NC4CC4)ncc3-c3ccncc3)CC2)cn1. The predicted octanol–water partition coefficient (Wildman–Crippen LogP) is 3.84. The fourth-order valence-corrected chi connectivity index (χ4v) is 4.07. The minimum atomic E-state index is 0.0547. The molecule has 1 N–H and O–H groups in total. The number of aryl methyl sites for hydroxylation is 1. The van der Waals surface area contributed by atoms with Gasteiger partial charge in [0.25, 0.3) is 5.91 Å². The van der Waals surface area contributed by atoms with Gasteiger partial charge in [0.15, 0.2) is 0 Å². The van der Waals surface area contributed by atoms with Gasteiger partial charge in [-0.15, -0.1) is 0 Å². The number of amides is 1. The molecule has 4 heterocycles. The highest BCUT2D eigenvalue weighted by Crippen LogP contribution is 2.35. The Morgan fingerprint density at radius 1 is 1.00 bits per heavy atom. The summed E-state index contributed by atoms with van der Waals surface area (Å²) in [7, 11) is 0. The second kappa shape index (κ2) is 8.41. The molecule has 1 amide bonds. The summed E-state index contributed by atoms with van der Waals surface area (Å²) in [6.07, 6.45) is 11.3. The number of piperidine rings is 1. The second-order valence-corrected chi connectivity index (χ2v) is 8.40. The lowest BCUT2D eigenvalue weighted by Gasteiger charge is -2.32. The highest BCUT2D eigenvalue weighted by Gasteiger charge is 2.29. The van der Waals surface area contributed by atoms with E-state index < -0.39 is 0 Å². The fraction of sp³-hybridized carbons (Fsp3) is 0.375. The summed E-state index contributed by atoms with van der Waals surface area (Å²) in [6, 6.07) is 8.25. The van der Waals surface area contributed by atoms with Crippen LogP contribution in [0.15, 0.2) is 49.1 Å². The first-order valence-electron chi connectivity index (χ1n) is 10.9. The number of hydrogen-bond acceptors (Lipinski definition) is 6. The van der Waals surface area contributed by atoms with Gasteiger partial charge in [-0.25, -0.2) is 9.97 Å². The van der Waals surface area contributed by atoms with E-state index in [0.29, 0.717) is 30.6 Å². The van der Waals surface area contributed by atoms with Gasteiger partial charge in [0.2, 0.25) is 5.95 Å². The van der Waals surface area contributed by atoms with E-state index >= 15 is 0 Å². The predicted molar refractivity (Wildman–Crippen MR) is 119 cm³/mol. The number of rotatable bonds is 5. The summed E-state index contributed by atoms with van der Waals surface area (Å²) in [4.78, 5) is 32.7. The summed E-state index contributed by atoms with van der Waals surface area (Å²) in [5.41, 5.74) is 4.76. The van der Waals surface area contributed by atoms with Crippen molar-refractivity contribution in [3.05, 3.63) is 66.0 Å². The Kier molecular flexibility index (Phi) is 5.32. The van der Waals surface area contributed by atoms with Gasteiger partial charge in [-0.3, -0.25) is 14.8 Å². The van der Waals surface area contributed by atoms with Gasteiger partial charge >= 0.3 is 0 Å². The van der Waals surface area contributed by atoms with Crippen molar-refractivity contribution in [1.82, 2.24) is 24.8 Å². The van der Waals surface area contributed by atoms with Crippen molar-refractivity contribution in [2.24, 2.45) is 0 Å². The topological polar surface area (TPSA) is 83.9 Å². The van der Waals surface area contributed by atoms with Crippen LogP contribution in [0, 0.1) is 6.92 Å². The van der Waals surface area contributed by atoms with Gasteiger partial charge in [0.05, 0.1) is 11.3 Å². The molecule has 0 atom stereocenters. The number of carbonyl (C=O) groups is 1. The van der Waals surface area contributed by atoms with Crippen LogP contribution in [0.25, 0.3) is 11.1 Å². The summed E-state index contributed by atoms with van der Waals surface area (Å²) >= 11 is 0. The summed E-state index contributed by atoms with van der Waals surface area (Å²) in [5, 5.41) is 3.42. The van der Waals surface area contributed by atoms with Crippen LogP contribution in [0.1, 0.15) is 53.3 Å². The number of nitrogens with one attached hydrogen (secondary N) is 1. The van der Waals surface area contributed by atoms with Crippen LogP contribution in [0.5, 0.6) is 0 Å². The van der Waals surface area contributed by atoms with E-state index in [0.717, 1.165) is 35.4 Å². The molecule has 1 saturated carbocycles. The standard InChI is InChI=1S/C24H26N6O/c1-16-2-3-19(14-26-16)23(31)30-12-8-18(9-13-30)22-21(17-6-10-25-11-7-17)15-27-24(29-22)28-20-4-5-20/h2-3,6-7,10-11,14-15,18,20H,4-5,8-9,12-13H2,1H3,(H,27,28,29). The van der Waals surface area contributed by atoms with Crippen LogP contribution >= 0.6 is 0 Å². The maximum absolute atomic E-state index is 12.9. The van der Waals surface area contributed by atoms with Gasteiger partial charge in [-0.1, -0.05) is 0 Å². The lowest BCUT2D eigenvalue weighted by atomic mass is 9.89. The van der Waals surface area contributed by atoms with Crippen LogP contribution in [-0.4, -0.2) is 49.9 Å². The molecule has 7 nitrogen and oxygen atoms in total. The number of aromatic nitrogens is 4. The largest absolute Gasteiger partial charge is 0.351 e. The smallest absolute Gasteiger partial charge is 0.255 e. The summed E-state index contributed by atoms with van der Waals surface area (Å²) in [5.74, 6) is 1.05. The Labute approximate surface area is 182 Å². The third-order valence-corrected chi connectivity index (χ3v) is 6.05. The van der Waals surface area contributed by atoms with Crippen molar-refractivity contribution in [3.8, 4) is 11.1 Å². The number of pyridine rings is 2. The average Bonchev–Trinajstić information content (AvgIpc) is 3.64. The lowest BCUT2D eigenvalue weighted by Crippen LogP contribution is -2.38. The molecule has 2 aliphatic rings. The van der Waals surface area contributed by atoms with Gasteiger partial charge in [-0.2, -0.15) is 0 Å². The molecule has 158 valence electrons. The monoisotopic (exact) mass is 414 g/mol. The molecule has 1 saturated heterocycles. The van der Waals surface area contributed by atoms with Crippen molar-refractivity contribution in [1.29, 1.82) is 0 Å². The maximum atomic E-state index is 12.9. The zero-order valence-corrected chi connectivity index (χ0v) is 17.7. The minimum absolute atomic E-state index is 0.0547. The number of likely N-dealkylation sites (tertiary alicyclic amines) is 1. The summed E-state index contributed by atoms with van der Waals surface area (Å²) in [6.45, 7) is 3.35. The van der Waals surface area contributed by atoms with E-state index in [-0.39, 0.29) is 11.8 Å². The summed E-state index contributed by atoms with van der Waals surface area (Å²) < 4.78 is 0. The molecule has 1 aliphatic heterocycles. The molecule has 0 spiro atoms. The Balaban J connectivity index is 1.36. The molecular formula is C24H26N6O. The van der Waals surface area contributed by atoms with Crippen LogP contribution in [-0.2, 0) is 0 Å². The Morgan fingerprint density at radius 2 is 1.77 bits per heavy atom. The van der Waals surface area contributed by atoms with Crippen LogP contribution in [0.2, 0.25) is 0 Å². The van der Waals surface area contributed by atoms with E-state index in [2.05, 4.69) is 20.3 Å². The Bertz CT molecular complexity index is 1060. The third kappa shape index (κ3) is 4.40. The van der Waals surface area contributed by atoms with Crippen molar-refractivity contribution < 1.29 is 4.79 Å². The average molecular weight is 415 g/mol. The van der Waals surface area contributed by atoms with Crippen molar-refractivity contribution >= 4 is 11.9 Å². The number of hydrogen-bond donors (Lipinski definition) is 1. The van der Waals surface area contributed by atoms with Crippen LogP contribution < -0.4 is 5.32 Å². The molecule has 0 unspecified atom stereocenters. The van der Waals surface area contributed by atoms with Crippen molar-refractivity contribution in [2.45, 2.75) is 44.6 Å². The van der Waals surface area contributed by atoms with Gasteiger partial charge < -0.3 is 10.2 Å². The normalized spacial score (nSPS) is 16.9. The third-order valence-electron chi connectivity index (χ3n) is 6.05. The van der Waals surface area contributed by atoms with E-state index in [1.165, 1.54) is 12.8 Å². The molecular weight excluding hydrogens is 388 g/mol. The molecule has 0 bridgehead atoms. The van der Waals surface area contributed by atoms with Crippen LogP contribution in [0.3, 0.4) is 0 Å². The molecule has 0 aromatic carbocycles. The van der Waals surface area contributed by atoms with Gasteiger partial charge in [-0.05, 0) is 62.4 Å². The second-order valence-electron chi connectivity index (χ2n) is 8.40. The molecule has 5 rings (SSSR count). The zero-order valence-electron chi connectivity index (χ0n) is 17.7. The van der Waals surface area contributed by atoms with Gasteiger partial charge in [0, 0.05) is 61.1 Å². The first-order chi connectivity index (χ1) is 15.2.